The summed E-state index contributed by atoms with van der Waals surface area (Å²) >= 11 is 0. The molecule has 8 heteroatoms. The molecule has 19 heavy (non-hydrogen) atoms. The van der Waals surface area contributed by atoms with Crippen LogP contribution in [0.2, 0.25) is 0 Å². The Morgan fingerprint density at radius 3 is 3.00 bits per heavy atom. The van der Waals surface area contributed by atoms with Crippen LogP contribution in [-0.2, 0) is 17.9 Å². The van der Waals surface area contributed by atoms with E-state index in [-0.39, 0.29) is 19.1 Å². The van der Waals surface area contributed by atoms with E-state index in [1.165, 1.54) is 0 Å². The number of benzene rings is 1. The van der Waals surface area contributed by atoms with Gasteiger partial charge in [0.1, 0.15) is 5.75 Å². The molecule has 0 aliphatic heterocycles. The highest BCUT2D eigenvalue weighted by Gasteiger charge is 2.06. The largest absolute Gasteiger partial charge is 0.483 e. The number of tetrazole rings is 1. The number of aromatic nitrogens is 4. The van der Waals surface area contributed by atoms with Gasteiger partial charge in [0, 0.05) is 12.1 Å². The first-order valence-electron chi connectivity index (χ1n) is 5.69. The second-order valence-electron chi connectivity index (χ2n) is 3.71. The van der Waals surface area contributed by atoms with E-state index in [0.29, 0.717) is 18.1 Å². The van der Waals surface area contributed by atoms with Crippen molar-refractivity contribution in [2.24, 2.45) is 5.73 Å². The van der Waals surface area contributed by atoms with Crippen molar-refractivity contribution in [3.8, 4) is 5.75 Å². The lowest BCUT2D eigenvalue weighted by atomic mass is 10.2. The lowest BCUT2D eigenvalue weighted by Gasteiger charge is -2.09. The highest BCUT2D eigenvalue weighted by molar-refractivity contribution is 5.77. The van der Waals surface area contributed by atoms with Crippen LogP contribution in [0.25, 0.3) is 0 Å². The molecule has 0 aliphatic rings. The third-order valence-corrected chi connectivity index (χ3v) is 2.38. The summed E-state index contributed by atoms with van der Waals surface area (Å²) in [7, 11) is 0. The van der Waals surface area contributed by atoms with Crippen molar-refractivity contribution < 1.29 is 9.53 Å². The van der Waals surface area contributed by atoms with Crippen LogP contribution in [0.4, 0.5) is 0 Å². The zero-order chi connectivity index (χ0) is 13.5. The molecule has 2 aromatic rings. The quantitative estimate of drug-likeness (QED) is 0.636. The second kappa shape index (κ2) is 6.45. The van der Waals surface area contributed by atoms with Crippen molar-refractivity contribution in [2.45, 2.75) is 13.1 Å². The molecule has 2 rings (SSSR count). The number of carbonyl (C=O) groups excluding carboxylic acids is 1. The zero-order valence-electron chi connectivity index (χ0n) is 10.2. The molecule has 8 nitrogen and oxygen atoms in total. The van der Waals surface area contributed by atoms with Gasteiger partial charge < -0.3 is 15.8 Å². The number of ether oxygens (including phenoxy) is 1. The molecule has 1 aromatic carbocycles. The molecular weight excluding hydrogens is 248 g/mol. The minimum absolute atomic E-state index is 0.0884. The summed E-state index contributed by atoms with van der Waals surface area (Å²) in [4.78, 5) is 11.6. The van der Waals surface area contributed by atoms with Gasteiger partial charge in [-0.1, -0.05) is 23.4 Å². The van der Waals surface area contributed by atoms with Crippen molar-refractivity contribution in [3.63, 3.8) is 0 Å². The number of aromatic amines is 1. The standard InChI is InChI=1S/C11H14N6O2/c12-5-8-3-1-2-4-9(8)19-7-11(18)13-6-10-14-16-17-15-10/h1-4H,5-7,12H2,(H,13,18)(H,14,15,16,17). The van der Waals surface area contributed by atoms with Crippen LogP contribution in [-0.4, -0.2) is 33.1 Å². The number of nitrogens with one attached hydrogen (secondary N) is 2. The lowest BCUT2D eigenvalue weighted by molar-refractivity contribution is -0.123. The molecule has 1 heterocycles. The monoisotopic (exact) mass is 262 g/mol. The van der Waals surface area contributed by atoms with Crippen LogP contribution in [0.3, 0.4) is 0 Å². The minimum atomic E-state index is -0.267. The van der Waals surface area contributed by atoms with Crippen molar-refractivity contribution in [1.82, 2.24) is 25.9 Å². The smallest absolute Gasteiger partial charge is 0.258 e. The summed E-state index contributed by atoms with van der Waals surface area (Å²) in [5, 5.41) is 15.7. The second-order valence-corrected chi connectivity index (χ2v) is 3.71. The summed E-state index contributed by atoms with van der Waals surface area (Å²) in [6.07, 6.45) is 0. The van der Waals surface area contributed by atoms with Gasteiger partial charge in [0.25, 0.3) is 5.91 Å². The summed E-state index contributed by atoms with van der Waals surface area (Å²) in [6, 6.07) is 7.32. The first-order valence-corrected chi connectivity index (χ1v) is 5.69. The molecule has 0 atom stereocenters. The number of rotatable bonds is 6. The van der Waals surface area contributed by atoms with Crippen LogP contribution in [0.5, 0.6) is 5.75 Å². The van der Waals surface area contributed by atoms with Gasteiger partial charge in [-0.2, -0.15) is 5.21 Å². The predicted octanol–water partition coefficient (Wildman–Crippen LogP) is -0.646. The molecule has 0 radical (unpaired) electrons. The number of nitrogens with two attached hydrogens (primary N) is 1. The van der Waals surface area contributed by atoms with Crippen LogP contribution in [0.1, 0.15) is 11.4 Å². The number of carbonyl (C=O) groups is 1. The molecule has 1 amide bonds. The summed E-state index contributed by atoms with van der Waals surface area (Å²) in [6.45, 7) is 0.479. The van der Waals surface area contributed by atoms with Gasteiger partial charge >= 0.3 is 0 Å². The highest BCUT2D eigenvalue weighted by Crippen LogP contribution is 2.16. The Bertz CT molecular complexity index is 528. The van der Waals surface area contributed by atoms with E-state index in [0.717, 1.165) is 5.56 Å². The van der Waals surface area contributed by atoms with Gasteiger partial charge in [-0.25, -0.2) is 0 Å². The molecule has 0 aliphatic carbocycles. The van der Waals surface area contributed by atoms with Crippen molar-refractivity contribution in [2.75, 3.05) is 6.61 Å². The molecule has 0 saturated carbocycles. The van der Waals surface area contributed by atoms with Gasteiger partial charge in [-0.05, 0) is 6.07 Å². The summed E-state index contributed by atoms with van der Waals surface area (Å²) < 4.78 is 5.40. The maximum atomic E-state index is 11.6. The van der Waals surface area contributed by atoms with E-state index in [1.54, 1.807) is 6.07 Å². The third kappa shape index (κ3) is 3.75. The van der Waals surface area contributed by atoms with Gasteiger partial charge in [0.05, 0.1) is 6.54 Å². The average Bonchev–Trinajstić information content (AvgIpc) is 2.96. The van der Waals surface area contributed by atoms with Gasteiger partial charge in [-0.15, -0.1) is 10.2 Å². The van der Waals surface area contributed by atoms with E-state index >= 15 is 0 Å². The van der Waals surface area contributed by atoms with Crippen molar-refractivity contribution in [1.29, 1.82) is 0 Å². The van der Waals surface area contributed by atoms with E-state index in [9.17, 15) is 4.79 Å². The Balaban J connectivity index is 1.80. The fourth-order valence-corrected chi connectivity index (χ4v) is 1.44. The molecule has 0 spiro atoms. The first-order chi connectivity index (χ1) is 9.29. The Labute approximate surface area is 109 Å². The Kier molecular flexibility index (Phi) is 4.40. The minimum Gasteiger partial charge on any atom is -0.483 e. The third-order valence-electron chi connectivity index (χ3n) is 2.38. The number of hydrogen-bond donors (Lipinski definition) is 3. The molecule has 4 N–H and O–H groups in total. The Hall–Kier alpha value is -2.48. The molecular formula is C11H14N6O2. The SMILES string of the molecule is NCc1ccccc1OCC(=O)NCc1nn[nH]n1. The molecule has 100 valence electrons. The molecule has 0 fully saturated rings. The van der Waals surface area contributed by atoms with Crippen molar-refractivity contribution in [3.05, 3.63) is 35.7 Å². The highest BCUT2D eigenvalue weighted by atomic mass is 16.5. The number of para-hydroxylation sites is 1. The Morgan fingerprint density at radius 1 is 1.42 bits per heavy atom. The topological polar surface area (TPSA) is 119 Å². The van der Waals surface area contributed by atoms with Crippen LogP contribution in [0.15, 0.2) is 24.3 Å². The summed E-state index contributed by atoms with van der Waals surface area (Å²) in [5.41, 5.74) is 6.43. The van der Waals surface area contributed by atoms with Crippen molar-refractivity contribution >= 4 is 5.91 Å². The zero-order valence-corrected chi connectivity index (χ0v) is 10.2. The normalized spacial score (nSPS) is 10.2. The van der Waals surface area contributed by atoms with E-state index in [2.05, 4.69) is 25.9 Å². The maximum absolute atomic E-state index is 11.6. The van der Waals surface area contributed by atoms with Gasteiger partial charge in [0.15, 0.2) is 12.4 Å². The fourth-order valence-electron chi connectivity index (χ4n) is 1.44. The number of H-pyrrole nitrogens is 1. The molecule has 0 bridgehead atoms. The van der Waals surface area contributed by atoms with Crippen LogP contribution in [0, 0.1) is 0 Å². The van der Waals surface area contributed by atoms with E-state index < -0.39 is 0 Å². The van der Waals surface area contributed by atoms with E-state index in [4.69, 9.17) is 10.5 Å². The number of nitrogens with zero attached hydrogens (tertiary/aromatic N) is 3. The number of amides is 1. The van der Waals surface area contributed by atoms with Crippen LogP contribution < -0.4 is 15.8 Å². The fraction of sp³-hybridized carbons (Fsp3) is 0.273. The van der Waals surface area contributed by atoms with Gasteiger partial charge in [-0.3, -0.25) is 4.79 Å². The first kappa shape index (κ1) is 13.0. The predicted molar refractivity (Wildman–Crippen MR) is 65.9 cm³/mol. The van der Waals surface area contributed by atoms with E-state index in [1.807, 2.05) is 18.2 Å². The number of hydrogen-bond acceptors (Lipinski definition) is 6. The summed E-state index contributed by atoms with van der Waals surface area (Å²) in [5.74, 6) is 0.757. The lowest BCUT2D eigenvalue weighted by Crippen LogP contribution is -2.29. The molecule has 1 aromatic heterocycles. The van der Waals surface area contributed by atoms with Crippen LogP contribution >= 0.6 is 0 Å². The molecule has 0 unspecified atom stereocenters. The average molecular weight is 262 g/mol. The molecule has 0 saturated heterocycles. The maximum Gasteiger partial charge on any atom is 0.258 e. The Morgan fingerprint density at radius 2 is 2.26 bits per heavy atom. The van der Waals surface area contributed by atoms with Gasteiger partial charge in [0.2, 0.25) is 0 Å².